The van der Waals surface area contributed by atoms with E-state index in [1.165, 1.54) is 0 Å². The van der Waals surface area contributed by atoms with Crippen molar-refractivity contribution in [2.45, 2.75) is 6.54 Å². The van der Waals surface area contributed by atoms with E-state index in [4.69, 9.17) is 18.9 Å². The molecule has 0 radical (unpaired) electrons. The number of phenols is 1. The molecule has 2 N–H and O–H groups in total. The lowest BCUT2D eigenvalue weighted by molar-refractivity contribution is -0.914. The first-order valence-corrected chi connectivity index (χ1v) is 9.82. The van der Waals surface area contributed by atoms with Gasteiger partial charge in [-0.15, -0.1) is 0 Å². The van der Waals surface area contributed by atoms with Gasteiger partial charge in [-0.3, -0.25) is 4.79 Å². The van der Waals surface area contributed by atoms with Gasteiger partial charge in [0.1, 0.15) is 31.1 Å². The second-order valence-corrected chi connectivity index (χ2v) is 7.07. The Morgan fingerprint density at radius 1 is 1.07 bits per heavy atom. The molecule has 1 aliphatic rings. The van der Waals surface area contributed by atoms with Crippen LogP contribution in [0.15, 0.2) is 42.2 Å². The fourth-order valence-corrected chi connectivity index (χ4v) is 3.39. The van der Waals surface area contributed by atoms with Crippen molar-refractivity contribution >= 4 is 11.9 Å². The van der Waals surface area contributed by atoms with Crippen molar-refractivity contribution in [1.82, 2.24) is 0 Å². The highest BCUT2D eigenvalue weighted by Gasteiger charge is 2.32. The molecule has 30 heavy (non-hydrogen) atoms. The Balaban J connectivity index is 1.89. The molecular weight excluding hydrogens is 386 g/mol. The van der Waals surface area contributed by atoms with E-state index in [-0.39, 0.29) is 17.3 Å². The van der Waals surface area contributed by atoms with Gasteiger partial charge in [0.2, 0.25) is 5.78 Å². The largest absolute Gasteiger partial charge is 0.507 e. The van der Waals surface area contributed by atoms with Crippen molar-refractivity contribution in [2.75, 3.05) is 47.6 Å². The molecule has 0 amide bonds. The number of hydrogen-bond donors (Lipinski definition) is 2. The molecule has 0 bridgehead atoms. The SMILES string of the molecule is COCC[NH+](CCOC)Cc1c(O)ccc2c1O/C(=C/c1cccc(OC)c1)C2=O. The number of carbonyl (C=O) groups excluding carboxylic acids is 1. The molecule has 2 aromatic carbocycles. The number of hydrogen-bond acceptors (Lipinski definition) is 6. The van der Waals surface area contributed by atoms with E-state index in [0.717, 1.165) is 23.6 Å². The summed E-state index contributed by atoms with van der Waals surface area (Å²) in [6.07, 6.45) is 1.69. The third-order valence-electron chi connectivity index (χ3n) is 5.05. The first-order valence-electron chi connectivity index (χ1n) is 9.82. The predicted molar refractivity (Wildman–Crippen MR) is 112 cm³/mol. The molecule has 160 valence electrons. The average Bonchev–Trinajstić information content (AvgIpc) is 3.07. The first-order chi connectivity index (χ1) is 14.6. The van der Waals surface area contributed by atoms with Gasteiger partial charge in [-0.1, -0.05) is 12.1 Å². The molecule has 1 aliphatic heterocycles. The maximum absolute atomic E-state index is 12.9. The van der Waals surface area contributed by atoms with Gasteiger partial charge in [-0.05, 0) is 35.9 Å². The lowest BCUT2D eigenvalue weighted by atomic mass is 10.0. The number of carbonyl (C=O) groups is 1. The summed E-state index contributed by atoms with van der Waals surface area (Å²) in [6, 6.07) is 10.5. The number of allylic oxidation sites excluding steroid dienone is 1. The van der Waals surface area contributed by atoms with E-state index in [1.54, 1.807) is 39.5 Å². The molecule has 0 atom stereocenters. The summed E-state index contributed by atoms with van der Waals surface area (Å²) in [5, 5.41) is 10.5. The van der Waals surface area contributed by atoms with Crippen LogP contribution in [-0.2, 0) is 16.0 Å². The minimum Gasteiger partial charge on any atom is -0.507 e. The number of Topliss-reactive ketones (excluding diaryl/α,β-unsaturated/α-hetero) is 1. The summed E-state index contributed by atoms with van der Waals surface area (Å²) in [7, 11) is 4.90. The summed E-state index contributed by atoms with van der Waals surface area (Å²) in [5.41, 5.74) is 1.86. The zero-order chi connectivity index (χ0) is 21.5. The maximum Gasteiger partial charge on any atom is 0.231 e. The smallest absolute Gasteiger partial charge is 0.231 e. The Morgan fingerprint density at radius 2 is 1.80 bits per heavy atom. The van der Waals surface area contributed by atoms with Gasteiger partial charge < -0.3 is 29.0 Å². The van der Waals surface area contributed by atoms with Crippen LogP contribution in [0.3, 0.4) is 0 Å². The van der Waals surface area contributed by atoms with Crippen LogP contribution in [0.1, 0.15) is 21.5 Å². The summed E-state index contributed by atoms with van der Waals surface area (Å²) in [5.74, 6) is 1.24. The van der Waals surface area contributed by atoms with Gasteiger partial charge in [0.05, 0.1) is 31.5 Å². The van der Waals surface area contributed by atoms with Crippen molar-refractivity contribution < 1.29 is 33.7 Å². The van der Waals surface area contributed by atoms with Crippen LogP contribution in [0.2, 0.25) is 0 Å². The van der Waals surface area contributed by atoms with Crippen molar-refractivity contribution in [1.29, 1.82) is 0 Å². The molecule has 7 nitrogen and oxygen atoms in total. The first kappa shape index (κ1) is 21.8. The number of aromatic hydroxyl groups is 1. The number of ether oxygens (including phenoxy) is 4. The number of fused-ring (bicyclic) bond motifs is 1. The highest BCUT2D eigenvalue weighted by Crippen LogP contribution is 2.39. The molecular formula is C23H28NO6+. The maximum atomic E-state index is 12.9. The van der Waals surface area contributed by atoms with Crippen LogP contribution in [0.25, 0.3) is 6.08 Å². The van der Waals surface area contributed by atoms with Crippen LogP contribution < -0.4 is 14.4 Å². The number of phenolic OH excluding ortho intramolecular Hbond substituents is 1. The molecule has 3 rings (SSSR count). The third kappa shape index (κ3) is 4.99. The summed E-state index contributed by atoms with van der Waals surface area (Å²) in [4.78, 5) is 14.1. The molecule has 0 saturated heterocycles. The summed E-state index contributed by atoms with van der Waals surface area (Å²) >= 11 is 0. The van der Waals surface area contributed by atoms with Gasteiger partial charge in [0.25, 0.3) is 0 Å². The van der Waals surface area contributed by atoms with E-state index >= 15 is 0 Å². The molecule has 0 aliphatic carbocycles. The fourth-order valence-electron chi connectivity index (χ4n) is 3.39. The average molecular weight is 414 g/mol. The van der Waals surface area contributed by atoms with Crippen LogP contribution in [0.4, 0.5) is 0 Å². The minimum atomic E-state index is -0.204. The fraction of sp³-hybridized carbons (Fsp3) is 0.348. The van der Waals surface area contributed by atoms with Gasteiger partial charge in [0, 0.05) is 14.2 Å². The molecule has 7 heteroatoms. The highest BCUT2D eigenvalue weighted by molar-refractivity contribution is 6.15. The van der Waals surface area contributed by atoms with E-state index in [9.17, 15) is 9.90 Å². The summed E-state index contributed by atoms with van der Waals surface area (Å²) in [6.45, 7) is 3.12. The Kier molecular flexibility index (Phi) is 7.46. The van der Waals surface area contributed by atoms with E-state index < -0.39 is 0 Å². The normalized spacial score (nSPS) is 14.3. The van der Waals surface area contributed by atoms with Crippen LogP contribution in [0, 0.1) is 0 Å². The predicted octanol–water partition coefficient (Wildman–Crippen LogP) is 1.69. The number of benzene rings is 2. The van der Waals surface area contributed by atoms with Gasteiger partial charge >= 0.3 is 0 Å². The van der Waals surface area contributed by atoms with Crippen molar-refractivity contribution in [2.24, 2.45) is 0 Å². The minimum absolute atomic E-state index is 0.108. The number of methoxy groups -OCH3 is 3. The quantitative estimate of drug-likeness (QED) is 0.576. The lowest BCUT2D eigenvalue weighted by Crippen LogP contribution is -3.11. The van der Waals surface area contributed by atoms with E-state index in [1.807, 2.05) is 24.3 Å². The van der Waals surface area contributed by atoms with Crippen LogP contribution >= 0.6 is 0 Å². The van der Waals surface area contributed by atoms with Crippen LogP contribution in [-0.4, -0.2) is 58.5 Å². The van der Waals surface area contributed by atoms with Gasteiger partial charge in [-0.2, -0.15) is 0 Å². The zero-order valence-corrected chi connectivity index (χ0v) is 17.6. The molecule has 1 heterocycles. The number of ketones is 1. The summed E-state index contributed by atoms with van der Waals surface area (Å²) < 4.78 is 21.6. The Labute approximate surface area is 176 Å². The van der Waals surface area contributed by atoms with Crippen LogP contribution in [0.5, 0.6) is 17.2 Å². The highest BCUT2D eigenvalue weighted by atomic mass is 16.5. The van der Waals surface area contributed by atoms with Crippen molar-refractivity contribution in [3.05, 3.63) is 58.8 Å². The second-order valence-electron chi connectivity index (χ2n) is 7.07. The Hall–Kier alpha value is -2.87. The Bertz CT molecular complexity index is 916. The number of nitrogens with one attached hydrogen (secondary N) is 1. The number of quaternary nitrogens is 1. The molecule has 0 saturated carbocycles. The molecule has 2 aromatic rings. The topological polar surface area (TPSA) is 78.7 Å². The molecule has 0 fully saturated rings. The third-order valence-corrected chi connectivity index (χ3v) is 5.05. The van der Waals surface area contributed by atoms with E-state index in [2.05, 4.69) is 0 Å². The van der Waals surface area contributed by atoms with Crippen molar-refractivity contribution in [3.63, 3.8) is 0 Å². The Morgan fingerprint density at radius 3 is 2.47 bits per heavy atom. The van der Waals surface area contributed by atoms with Gasteiger partial charge in [-0.25, -0.2) is 0 Å². The second kappa shape index (κ2) is 10.2. The zero-order valence-electron chi connectivity index (χ0n) is 17.6. The monoisotopic (exact) mass is 414 g/mol. The molecule has 0 spiro atoms. The standard InChI is InChI=1S/C23H27NO6/c1-27-11-9-24(10-12-28-2)15-19-20(25)8-7-18-22(26)21(30-23(18)19)14-16-5-4-6-17(13-16)29-3/h4-8,13-14,25H,9-12,15H2,1-3H3/p+1/b21-14+. The van der Waals surface area contributed by atoms with Gasteiger partial charge in [0.15, 0.2) is 11.5 Å². The lowest BCUT2D eigenvalue weighted by Gasteiger charge is -2.20. The molecule has 0 unspecified atom stereocenters. The van der Waals surface area contributed by atoms with Crippen molar-refractivity contribution in [3.8, 4) is 17.2 Å². The number of rotatable bonds is 10. The molecule has 0 aromatic heterocycles. The van der Waals surface area contributed by atoms with E-state index in [0.29, 0.717) is 42.4 Å².